The van der Waals surface area contributed by atoms with E-state index in [-0.39, 0.29) is 11.8 Å². The van der Waals surface area contributed by atoms with Crippen molar-refractivity contribution in [2.24, 2.45) is 5.92 Å². The number of rotatable bonds is 12. The van der Waals surface area contributed by atoms with Crippen molar-refractivity contribution < 1.29 is 19.1 Å². The quantitative estimate of drug-likeness (QED) is 0.328. The van der Waals surface area contributed by atoms with Crippen molar-refractivity contribution in [1.29, 1.82) is 0 Å². The highest BCUT2D eigenvalue weighted by atomic mass is 32.2. The number of carbonyl (C=O) groups excluding carboxylic acids is 2. The average Bonchev–Trinajstić information content (AvgIpc) is 3.04. The molecule has 2 aromatic rings. The first-order chi connectivity index (χ1) is 15.5. The molecule has 6 heteroatoms. The number of hydrogen-bond donors (Lipinski definition) is 0. The summed E-state index contributed by atoms with van der Waals surface area (Å²) in [5.74, 6) is 1.35. The monoisotopic (exact) mass is 453 g/mol. The van der Waals surface area contributed by atoms with Crippen molar-refractivity contribution in [1.82, 2.24) is 4.90 Å². The van der Waals surface area contributed by atoms with E-state index in [1.54, 1.807) is 0 Å². The Hall–Kier alpha value is -2.57. The first-order valence-electron chi connectivity index (χ1n) is 11.1. The first kappa shape index (κ1) is 24.1. The predicted octanol–water partition coefficient (Wildman–Crippen LogP) is 5.16. The number of amides is 2. The minimum Gasteiger partial charge on any atom is -0.493 e. The molecule has 0 aromatic heterocycles. The summed E-state index contributed by atoms with van der Waals surface area (Å²) in [6, 6.07) is 17.4. The van der Waals surface area contributed by atoms with Crippen LogP contribution in [0.25, 0.3) is 5.57 Å². The van der Waals surface area contributed by atoms with Gasteiger partial charge in [0.1, 0.15) is 5.75 Å². The molecule has 32 heavy (non-hydrogen) atoms. The number of nitrogens with zero attached hydrogens (tertiary/aromatic N) is 1. The van der Waals surface area contributed by atoms with Crippen molar-refractivity contribution in [3.8, 4) is 5.75 Å². The molecule has 1 aliphatic rings. The van der Waals surface area contributed by atoms with E-state index in [4.69, 9.17) is 9.47 Å². The van der Waals surface area contributed by atoms with Gasteiger partial charge in [-0.15, -0.1) is 11.8 Å². The summed E-state index contributed by atoms with van der Waals surface area (Å²) in [6.45, 7) is 8.25. The Morgan fingerprint density at radius 1 is 0.969 bits per heavy atom. The zero-order chi connectivity index (χ0) is 22.9. The smallest absolute Gasteiger partial charge is 0.267 e. The van der Waals surface area contributed by atoms with E-state index in [9.17, 15) is 9.59 Å². The van der Waals surface area contributed by atoms with E-state index >= 15 is 0 Å². The van der Waals surface area contributed by atoms with E-state index in [0.717, 1.165) is 16.9 Å². The van der Waals surface area contributed by atoms with Gasteiger partial charge in [0.2, 0.25) is 0 Å². The van der Waals surface area contributed by atoms with Gasteiger partial charge in [-0.3, -0.25) is 14.5 Å². The number of hydrogen-bond acceptors (Lipinski definition) is 5. The molecule has 0 fully saturated rings. The van der Waals surface area contributed by atoms with Crippen LogP contribution in [0.15, 0.2) is 59.5 Å². The SMILES string of the molecule is CCOCCCN1C(=O)C(SCc2ccccc2)=C(c2ccc(OCC(C)C)cc2)C1=O. The molecular weight excluding hydrogens is 422 g/mol. The molecular formula is C26H31NO4S. The molecule has 0 saturated carbocycles. The molecule has 0 N–H and O–H groups in total. The van der Waals surface area contributed by atoms with Crippen LogP contribution in [-0.2, 0) is 20.1 Å². The fraction of sp³-hybridized carbons (Fsp3) is 0.385. The number of ether oxygens (including phenoxy) is 2. The van der Waals surface area contributed by atoms with Crippen LogP contribution < -0.4 is 4.74 Å². The summed E-state index contributed by atoms with van der Waals surface area (Å²) in [4.78, 5) is 28.3. The normalized spacial score (nSPS) is 14.1. The highest BCUT2D eigenvalue weighted by Gasteiger charge is 2.38. The zero-order valence-electron chi connectivity index (χ0n) is 19.0. The first-order valence-corrected chi connectivity index (χ1v) is 12.1. The lowest BCUT2D eigenvalue weighted by Crippen LogP contribution is -2.33. The number of benzene rings is 2. The molecule has 2 aromatic carbocycles. The van der Waals surface area contributed by atoms with Gasteiger partial charge in [0, 0.05) is 25.5 Å². The maximum Gasteiger partial charge on any atom is 0.267 e. The van der Waals surface area contributed by atoms with Gasteiger partial charge < -0.3 is 9.47 Å². The van der Waals surface area contributed by atoms with Crippen LogP contribution in [0.3, 0.4) is 0 Å². The summed E-state index contributed by atoms with van der Waals surface area (Å²) < 4.78 is 11.1. The Bertz CT molecular complexity index is 938. The summed E-state index contributed by atoms with van der Waals surface area (Å²) in [5, 5.41) is 0. The molecule has 2 amide bonds. The summed E-state index contributed by atoms with van der Waals surface area (Å²) in [6.07, 6.45) is 0.622. The third-order valence-corrected chi connectivity index (χ3v) is 6.10. The maximum atomic E-state index is 13.3. The maximum absolute atomic E-state index is 13.3. The highest BCUT2D eigenvalue weighted by molar-refractivity contribution is 8.03. The van der Waals surface area contributed by atoms with Gasteiger partial charge >= 0.3 is 0 Å². The van der Waals surface area contributed by atoms with Crippen molar-refractivity contribution in [3.63, 3.8) is 0 Å². The average molecular weight is 454 g/mol. The standard InChI is InChI=1S/C26H31NO4S/c1-4-30-16-8-15-27-25(28)23(21-11-13-22(14-12-21)31-17-19(2)3)24(26(27)29)32-18-20-9-6-5-7-10-20/h5-7,9-14,19H,4,8,15-18H2,1-3H3. The van der Waals surface area contributed by atoms with Crippen LogP contribution in [-0.4, -0.2) is 43.1 Å². The van der Waals surface area contributed by atoms with Gasteiger partial charge in [-0.1, -0.05) is 56.3 Å². The predicted molar refractivity (Wildman–Crippen MR) is 129 cm³/mol. The second-order valence-electron chi connectivity index (χ2n) is 8.02. The third kappa shape index (κ3) is 6.24. The Kier molecular flexibility index (Phi) is 8.94. The molecule has 0 saturated heterocycles. The van der Waals surface area contributed by atoms with E-state index in [1.807, 2.05) is 61.5 Å². The van der Waals surface area contributed by atoms with E-state index < -0.39 is 0 Å². The highest BCUT2D eigenvalue weighted by Crippen LogP contribution is 2.38. The minimum absolute atomic E-state index is 0.220. The molecule has 5 nitrogen and oxygen atoms in total. The molecule has 170 valence electrons. The minimum atomic E-state index is -0.238. The van der Waals surface area contributed by atoms with E-state index in [1.165, 1.54) is 16.7 Å². The van der Waals surface area contributed by atoms with Crippen molar-refractivity contribution in [2.45, 2.75) is 32.9 Å². The largest absolute Gasteiger partial charge is 0.493 e. The Morgan fingerprint density at radius 3 is 2.34 bits per heavy atom. The van der Waals surface area contributed by atoms with Crippen molar-refractivity contribution in [2.75, 3.05) is 26.4 Å². The van der Waals surface area contributed by atoms with Gasteiger partial charge in [-0.2, -0.15) is 0 Å². The molecule has 3 rings (SSSR count). The second-order valence-corrected chi connectivity index (χ2v) is 9.01. The van der Waals surface area contributed by atoms with Gasteiger partial charge in [-0.25, -0.2) is 0 Å². The summed E-state index contributed by atoms with van der Waals surface area (Å²) in [5.41, 5.74) is 2.32. The molecule has 1 heterocycles. The lowest BCUT2D eigenvalue weighted by Gasteiger charge is -2.15. The lowest BCUT2D eigenvalue weighted by molar-refractivity contribution is -0.136. The molecule has 0 unspecified atom stereocenters. The lowest BCUT2D eigenvalue weighted by atomic mass is 10.1. The number of carbonyl (C=O) groups is 2. The topological polar surface area (TPSA) is 55.8 Å². The van der Waals surface area contributed by atoms with Gasteiger partial charge in [-0.05, 0) is 42.5 Å². The number of imide groups is 1. The Morgan fingerprint density at radius 2 is 1.69 bits per heavy atom. The molecule has 0 bridgehead atoms. The van der Waals surface area contributed by atoms with Gasteiger partial charge in [0.15, 0.2) is 0 Å². The Balaban J connectivity index is 1.82. The molecule has 0 spiro atoms. The van der Waals surface area contributed by atoms with Crippen LogP contribution in [0.2, 0.25) is 0 Å². The van der Waals surface area contributed by atoms with Crippen LogP contribution in [0, 0.1) is 5.92 Å². The molecule has 0 aliphatic carbocycles. The van der Waals surface area contributed by atoms with Crippen molar-refractivity contribution in [3.05, 3.63) is 70.6 Å². The Labute approximate surface area is 194 Å². The molecule has 0 radical (unpaired) electrons. The van der Waals surface area contributed by atoms with E-state index in [0.29, 0.717) is 54.9 Å². The fourth-order valence-electron chi connectivity index (χ4n) is 3.32. The summed E-state index contributed by atoms with van der Waals surface area (Å²) in [7, 11) is 0. The molecule has 1 aliphatic heterocycles. The van der Waals surface area contributed by atoms with Crippen LogP contribution in [0.1, 0.15) is 38.3 Å². The summed E-state index contributed by atoms with van der Waals surface area (Å²) >= 11 is 1.42. The fourth-order valence-corrected chi connectivity index (χ4v) is 4.41. The zero-order valence-corrected chi connectivity index (χ0v) is 19.8. The van der Waals surface area contributed by atoms with Gasteiger partial charge in [0.05, 0.1) is 17.1 Å². The van der Waals surface area contributed by atoms with Crippen LogP contribution in [0.4, 0.5) is 0 Å². The van der Waals surface area contributed by atoms with Crippen LogP contribution >= 0.6 is 11.8 Å². The molecule has 0 atom stereocenters. The van der Waals surface area contributed by atoms with Gasteiger partial charge in [0.25, 0.3) is 11.8 Å². The van der Waals surface area contributed by atoms with Crippen LogP contribution in [0.5, 0.6) is 5.75 Å². The van der Waals surface area contributed by atoms with E-state index in [2.05, 4.69) is 13.8 Å². The third-order valence-electron chi connectivity index (χ3n) is 4.95. The second kappa shape index (κ2) is 11.9. The number of thioether (sulfide) groups is 1. The van der Waals surface area contributed by atoms with Crippen molar-refractivity contribution >= 4 is 29.1 Å².